The molecule has 1 atom stereocenters. The Labute approximate surface area is 138 Å². The van der Waals surface area contributed by atoms with E-state index in [1.165, 1.54) is 0 Å². The highest BCUT2D eigenvalue weighted by Gasteiger charge is 2.34. The van der Waals surface area contributed by atoms with Gasteiger partial charge in [0.1, 0.15) is 17.0 Å². The largest absolute Gasteiger partial charge is 0.369 e. The van der Waals surface area contributed by atoms with Crippen LogP contribution in [0, 0.1) is 6.92 Å². The van der Waals surface area contributed by atoms with Crippen LogP contribution in [-0.2, 0) is 9.84 Å². The molecular weight excluding hydrogens is 330 g/mol. The van der Waals surface area contributed by atoms with Crippen molar-refractivity contribution in [3.05, 3.63) is 47.1 Å². The highest BCUT2D eigenvalue weighted by molar-refractivity contribution is 7.91. The van der Waals surface area contributed by atoms with Crippen molar-refractivity contribution in [2.24, 2.45) is 0 Å². The lowest BCUT2D eigenvalue weighted by molar-refractivity contribution is 0.598. The number of thiophene rings is 1. The van der Waals surface area contributed by atoms with Gasteiger partial charge in [-0.25, -0.2) is 18.4 Å². The van der Waals surface area contributed by atoms with Crippen molar-refractivity contribution < 1.29 is 8.42 Å². The lowest BCUT2D eigenvalue weighted by Gasteiger charge is -2.12. The molecule has 1 aliphatic rings. The first-order chi connectivity index (χ1) is 11.1. The lowest BCUT2D eigenvalue weighted by atomic mass is 10.0. The van der Waals surface area contributed by atoms with Crippen LogP contribution in [0.2, 0.25) is 0 Å². The average molecular weight is 345 g/mol. The Balaban J connectivity index is 1.64. The van der Waals surface area contributed by atoms with Gasteiger partial charge in [-0.05, 0) is 29.5 Å². The van der Waals surface area contributed by atoms with Crippen molar-refractivity contribution in [3.8, 4) is 0 Å². The van der Waals surface area contributed by atoms with Gasteiger partial charge in [-0.2, -0.15) is 0 Å². The summed E-state index contributed by atoms with van der Waals surface area (Å²) in [5.41, 5.74) is 2.03. The van der Waals surface area contributed by atoms with Gasteiger partial charge in [0.15, 0.2) is 9.84 Å². The smallest absolute Gasteiger partial charge is 0.179 e. The summed E-state index contributed by atoms with van der Waals surface area (Å²) in [4.78, 5) is 10.0. The Kier molecular flexibility index (Phi) is 3.35. The molecule has 1 aromatic carbocycles. The van der Waals surface area contributed by atoms with Crippen molar-refractivity contribution in [1.82, 2.24) is 9.97 Å². The van der Waals surface area contributed by atoms with Gasteiger partial charge in [-0.3, -0.25) is 0 Å². The molecule has 0 aliphatic carbocycles. The van der Waals surface area contributed by atoms with Gasteiger partial charge in [-0.15, -0.1) is 11.3 Å². The zero-order chi connectivity index (χ0) is 16.0. The minimum absolute atomic E-state index is 0.0554. The third-order valence-corrected chi connectivity index (χ3v) is 7.07. The third-order valence-electron chi connectivity index (χ3n) is 4.18. The summed E-state index contributed by atoms with van der Waals surface area (Å²) >= 11 is 1.59. The summed E-state index contributed by atoms with van der Waals surface area (Å²) < 4.78 is 24.5. The number of benzene rings is 1. The maximum absolute atomic E-state index is 12.2. The molecule has 2 aromatic heterocycles. The highest BCUT2D eigenvalue weighted by atomic mass is 32.2. The first kappa shape index (κ1) is 14.6. The number of fused-ring (bicyclic) bond motifs is 2. The number of hydrogen-bond donors (Lipinski definition) is 1. The summed E-state index contributed by atoms with van der Waals surface area (Å²) in [7, 11) is -3.17. The zero-order valence-electron chi connectivity index (χ0n) is 12.5. The van der Waals surface area contributed by atoms with Gasteiger partial charge in [0.25, 0.3) is 0 Å². The third kappa shape index (κ3) is 2.40. The Morgan fingerprint density at radius 3 is 3.00 bits per heavy atom. The van der Waals surface area contributed by atoms with E-state index >= 15 is 0 Å². The Hall–Kier alpha value is -1.99. The first-order valence-electron chi connectivity index (χ1n) is 7.30. The first-order valence-corrected chi connectivity index (χ1v) is 9.84. The van der Waals surface area contributed by atoms with Crippen LogP contribution >= 0.6 is 11.3 Å². The molecule has 118 valence electrons. The van der Waals surface area contributed by atoms with Crippen LogP contribution in [-0.4, -0.2) is 30.7 Å². The predicted molar refractivity (Wildman–Crippen MR) is 91.9 cm³/mol. The molecular formula is C16H15N3O2S2. The molecule has 3 aromatic rings. The molecule has 4 rings (SSSR count). The average Bonchev–Trinajstić information content (AvgIpc) is 3.05. The molecule has 0 amide bonds. The van der Waals surface area contributed by atoms with Crippen molar-refractivity contribution >= 4 is 37.2 Å². The standard InChI is InChI=1S/C16H15N3O2S2/c1-10-7-22-16-14(10)15(18-9-19-16)17-6-11-8-23(20,21)13-5-3-2-4-12(11)13/h2-5,7,9,11H,6,8H2,1H3,(H,17,18,19)/t11-/m0/s1. The molecule has 0 bridgehead atoms. The molecule has 0 spiro atoms. The van der Waals surface area contributed by atoms with E-state index in [1.54, 1.807) is 29.8 Å². The maximum Gasteiger partial charge on any atom is 0.179 e. The van der Waals surface area contributed by atoms with Crippen molar-refractivity contribution in [1.29, 1.82) is 0 Å². The van der Waals surface area contributed by atoms with E-state index in [2.05, 4.69) is 20.7 Å². The van der Waals surface area contributed by atoms with Gasteiger partial charge in [0, 0.05) is 12.5 Å². The van der Waals surface area contributed by atoms with Crippen molar-refractivity contribution in [2.75, 3.05) is 17.6 Å². The van der Waals surface area contributed by atoms with E-state index in [1.807, 2.05) is 19.1 Å². The molecule has 0 saturated heterocycles. The summed E-state index contributed by atoms with van der Waals surface area (Å²) in [6, 6.07) is 7.25. The highest BCUT2D eigenvalue weighted by Crippen LogP contribution is 2.35. The number of anilines is 1. The van der Waals surface area contributed by atoms with E-state index in [0.717, 1.165) is 27.2 Å². The van der Waals surface area contributed by atoms with Crippen molar-refractivity contribution in [2.45, 2.75) is 17.7 Å². The minimum atomic E-state index is -3.17. The second kappa shape index (κ2) is 5.28. The molecule has 7 heteroatoms. The number of nitrogens with one attached hydrogen (secondary N) is 1. The van der Waals surface area contributed by atoms with Gasteiger partial charge >= 0.3 is 0 Å². The minimum Gasteiger partial charge on any atom is -0.369 e. The lowest BCUT2D eigenvalue weighted by Crippen LogP contribution is -2.15. The Morgan fingerprint density at radius 1 is 1.30 bits per heavy atom. The maximum atomic E-state index is 12.2. The Morgan fingerprint density at radius 2 is 2.13 bits per heavy atom. The predicted octanol–water partition coefficient (Wildman–Crippen LogP) is 2.98. The van der Waals surface area contributed by atoms with Gasteiger partial charge in [0.05, 0.1) is 16.0 Å². The molecule has 1 aliphatic heterocycles. The number of hydrogen-bond acceptors (Lipinski definition) is 6. The van der Waals surface area contributed by atoms with E-state index in [0.29, 0.717) is 11.4 Å². The van der Waals surface area contributed by atoms with Crippen LogP contribution in [0.1, 0.15) is 17.0 Å². The number of aryl methyl sites for hydroxylation is 1. The fraction of sp³-hybridized carbons (Fsp3) is 0.250. The van der Waals surface area contributed by atoms with Crippen LogP contribution in [0.5, 0.6) is 0 Å². The molecule has 0 fully saturated rings. The van der Waals surface area contributed by atoms with E-state index in [-0.39, 0.29) is 11.7 Å². The van der Waals surface area contributed by atoms with Crippen molar-refractivity contribution in [3.63, 3.8) is 0 Å². The number of rotatable bonds is 3. The Bertz CT molecular complexity index is 995. The molecule has 1 N–H and O–H groups in total. The normalized spacial score (nSPS) is 18.9. The molecule has 0 saturated carbocycles. The van der Waals surface area contributed by atoms with Crippen LogP contribution in [0.3, 0.4) is 0 Å². The molecule has 5 nitrogen and oxygen atoms in total. The zero-order valence-corrected chi connectivity index (χ0v) is 14.1. The number of sulfone groups is 1. The monoisotopic (exact) mass is 345 g/mol. The molecule has 23 heavy (non-hydrogen) atoms. The van der Waals surface area contributed by atoms with E-state index in [4.69, 9.17) is 0 Å². The molecule has 3 heterocycles. The summed E-state index contributed by atoms with van der Waals surface area (Å²) in [6.07, 6.45) is 1.54. The number of aromatic nitrogens is 2. The SMILES string of the molecule is Cc1csc2ncnc(NC[C@H]3CS(=O)(=O)c4ccccc43)c12. The van der Waals surface area contributed by atoms with Gasteiger partial charge < -0.3 is 5.32 Å². The summed E-state index contributed by atoms with van der Waals surface area (Å²) in [6.45, 7) is 2.57. The second-order valence-electron chi connectivity index (χ2n) is 5.72. The fourth-order valence-electron chi connectivity index (χ4n) is 3.09. The topological polar surface area (TPSA) is 72.0 Å². The molecule has 0 unspecified atom stereocenters. The van der Waals surface area contributed by atoms with Crippen LogP contribution in [0.25, 0.3) is 10.2 Å². The van der Waals surface area contributed by atoms with Crippen LogP contribution in [0.15, 0.2) is 40.9 Å². The van der Waals surface area contributed by atoms with Gasteiger partial charge in [0.2, 0.25) is 0 Å². The second-order valence-corrected chi connectivity index (χ2v) is 8.58. The summed E-state index contributed by atoms with van der Waals surface area (Å²) in [5, 5.41) is 6.40. The fourth-order valence-corrected chi connectivity index (χ4v) is 5.86. The molecule has 0 radical (unpaired) electrons. The quantitative estimate of drug-likeness (QED) is 0.790. The number of nitrogens with zero attached hydrogens (tertiary/aromatic N) is 2. The van der Waals surface area contributed by atoms with E-state index < -0.39 is 9.84 Å². The summed E-state index contributed by atoms with van der Waals surface area (Å²) in [5.74, 6) is 0.867. The van der Waals surface area contributed by atoms with Crippen LogP contribution in [0.4, 0.5) is 5.82 Å². The van der Waals surface area contributed by atoms with Gasteiger partial charge in [-0.1, -0.05) is 18.2 Å². The van der Waals surface area contributed by atoms with Crippen LogP contribution < -0.4 is 5.32 Å². The van der Waals surface area contributed by atoms with E-state index in [9.17, 15) is 8.42 Å².